The number of sulfonamides is 1. The molecule has 0 unspecified atom stereocenters. The zero-order valence-corrected chi connectivity index (χ0v) is 12.5. The van der Waals surface area contributed by atoms with Gasteiger partial charge in [-0.05, 0) is 25.8 Å². The Morgan fingerprint density at radius 3 is 2.25 bits per heavy atom. The fourth-order valence-corrected chi connectivity index (χ4v) is 2.18. The standard InChI is InChI=1S/C12H18N4O3S/c1-4-7-20(18,19)16-12(17)15-11-13-9(5-2)8-10(6-3)14-11/h4,7-8H,5-6H2,1-3H3,(H2,13,14,15,16,17). The van der Waals surface area contributed by atoms with Crippen LogP contribution >= 0.6 is 0 Å². The highest BCUT2D eigenvalue weighted by molar-refractivity contribution is 7.92. The van der Waals surface area contributed by atoms with Gasteiger partial charge in [0.2, 0.25) is 5.95 Å². The van der Waals surface area contributed by atoms with E-state index in [1.165, 1.54) is 6.08 Å². The van der Waals surface area contributed by atoms with Crippen molar-refractivity contribution in [2.45, 2.75) is 33.6 Å². The van der Waals surface area contributed by atoms with Crippen molar-refractivity contribution in [1.82, 2.24) is 14.7 Å². The molecule has 0 radical (unpaired) electrons. The smallest absolute Gasteiger partial charge is 0.275 e. The first-order valence-corrected chi connectivity index (χ1v) is 7.78. The quantitative estimate of drug-likeness (QED) is 0.859. The van der Waals surface area contributed by atoms with Crippen LogP contribution in [-0.4, -0.2) is 24.4 Å². The molecule has 0 spiro atoms. The molecule has 1 aromatic heterocycles. The predicted octanol–water partition coefficient (Wildman–Crippen LogP) is 1.59. The van der Waals surface area contributed by atoms with Gasteiger partial charge >= 0.3 is 6.03 Å². The van der Waals surface area contributed by atoms with Gasteiger partial charge in [-0.25, -0.2) is 27.9 Å². The number of amides is 2. The Hall–Kier alpha value is -1.96. The van der Waals surface area contributed by atoms with E-state index < -0.39 is 16.1 Å². The lowest BCUT2D eigenvalue weighted by molar-refractivity contribution is 0.256. The average Bonchev–Trinajstić information content (AvgIpc) is 2.37. The maximum atomic E-state index is 11.6. The Balaban J connectivity index is 2.85. The fraction of sp³-hybridized carbons (Fsp3) is 0.417. The number of allylic oxidation sites excluding steroid dienone is 1. The summed E-state index contributed by atoms with van der Waals surface area (Å²) in [5.41, 5.74) is 1.56. The monoisotopic (exact) mass is 298 g/mol. The highest BCUT2D eigenvalue weighted by Gasteiger charge is 2.12. The normalized spacial score (nSPS) is 11.6. The van der Waals surface area contributed by atoms with Crippen molar-refractivity contribution in [3.8, 4) is 0 Å². The van der Waals surface area contributed by atoms with Gasteiger partial charge in [-0.2, -0.15) is 0 Å². The topological polar surface area (TPSA) is 101 Å². The molecule has 0 aliphatic rings. The number of aryl methyl sites for hydroxylation is 2. The van der Waals surface area contributed by atoms with Crippen molar-refractivity contribution in [2.24, 2.45) is 0 Å². The molecule has 1 aromatic rings. The highest BCUT2D eigenvalue weighted by Crippen LogP contribution is 2.07. The van der Waals surface area contributed by atoms with E-state index in [9.17, 15) is 13.2 Å². The molecule has 110 valence electrons. The molecule has 0 aliphatic carbocycles. The second kappa shape index (κ2) is 6.99. The lowest BCUT2D eigenvalue weighted by Crippen LogP contribution is -2.33. The Kier molecular flexibility index (Phi) is 5.63. The summed E-state index contributed by atoms with van der Waals surface area (Å²) in [6.07, 6.45) is 2.71. The third-order valence-corrected chi connectivity index (χ3v) is 3.43. The van der Waals surface area contributed by atoms with Gasteiger partial charge in [0.1, 0.15) is 0 Å². The zero-order valence-electron chi connectivity index (χ0n) is 11.7. The van der Waals surface area contributed by atoms with Crippen molar-refractivity contribution in [3.05, 3.63) is 28.9 Å². The zero-order chi connectivity index (χ0) is 15.2. The number of urea groups is 1. The van der Waals surface area contributed by atoms with Crippen LogP contribution in [0.2, 0.25) is 0 Å². The summed E-state index contributed by atoms with van der Waals surface area (Å²) in [5, 5.41) is 3.22. The third-order valence-electron chi connectivity index (χ3n) is 2.33. The summed E-state index contributed by atoms with van der Waals surface area (Å²) in [4.78, 5) is 19.8. The van der Waals surface area contributed by atoms with Crippen molar-refractivity contribution in [3.63, 3.8) is 0 Å². The Morgan fingerprint density at radius 2 is 1.80 bits per heavy atom. The van der Waals surface area contributed by atoms with E-state index >= 15 is 0 Å². The number of nitrogens with zero attached hydrogens (tertiary/aromatic N) is 2. The van der Waals surface area contributed by atoms with Crippen molar-refractivity contribution in [1.29, 1.82) is 0 Å². The molecule has 0 saturated carbocycles. The van der Waals surface area contributed by atoms with E-state index in [0.29, 0.717) is 12.8 Å². The lowest BCUT2D eigenvalue weighted by Gasteiger charge is -2.07. The first-order valence-electron chi connectivity index (χ1n) is 6.23. The minimum Gasteiger partial charge on any atom is -0.275 e. The molecule has 1 rings (SSSR count). The molecule has 2 N–H and O–H groups in total. The molecular weight excluding hydrogens is 280 g/mol. The Morgan fingerprint density at radius 1 is 1.25 bits per heavy atom. The number of hydrogen-bond acceptors (Lipinski definition) is 5. The van der Waals surface area contributed by atoms with Gasteiger partial charge in [-0.3, -0.25) is 5.32 Å². The van der Waals surface area contributed by atoms with Crippen LogP contribution in [0.15, 0.2) is 17.6 Å². The minimum absolute atomic E-state index is 0.0920. The van der Waals surface area contributed by atoms with Gasteiger partial charge in [0, 0.05) is 16.8 Å². The summed E-state index contributed by atoms with van der Waals surface area (Å²) in [6.45, 7) is 5.41. The minimum atomic E-state index is -3.78. The van der Waals surface area contributed by atoms with Gasteiger partial charge < -0.3 is 0 Å². The Bertz CT molecular complexity index is 589. The number of carbonyl (C=O) groups excluding carboxylic acids is 1. The molecule has 0 aliphatic heterocycles. The lowest BCUT2D eigenvalue weighted by atomic mass is 10.2. The average molecular weight is 298 g/mol. The molecule has 7 nitrogen and oxygen atoms in total. The maximum absolute atomic E-state index is 11.6. The first-order chi connectivity index (χ1) is 9.40. The molecule has 1 heterocycles. The summed E-state index contributed by atoms with van der Waals surface area (Å²) in [7, 11) is -3.78. The number of carbonyl (C=O) groups is 1. The van der Waals surface area contributed by atoms with E-state index in [1.807, 2.05) is 24.6 Å². The van der Waals surface area contributed by atoms with Crippen LogP contribution in [-0.2, 0) is 22.9 Å². The van der Waals surface area contributed by atoms with E-state index in [1.54, 1.807) is 6.92 Å². The van der Waals surface area contributed by atoms with E-state index in [2.05, 4.69) is 15.3 Å². The van der Waals surface area contributed by atoms with Crippen molar-refractivity contribution >= 4 is 22.0 Å². The molecular formula is C12H18N4O3S. The number of hydrogen-bond donors (Lipinski definition) is 2. The molecule has 0 bridgehead atoms. The second-order valence-corrected chi connectivity index (χ2v) is 5.52. The van der Waals surface area contributed by atoms with Crippen molar-refractivity contribution in [2.75, 3.05) is 5.32 Å². The van der Waals surface area contributed by atoms with Crippen LogP contribution < -0.4 is 10.0 Å². The Labute approximate surface area is 118 Å². The summed E-state index contributed by atoms with van der Waals surface area (Å²) >= 11 is 0. The van der Waals surface area contributed by atoms with Crippen LogP contribution in [0.5, 0.6) is 0 Å². The summed E-state index contributed by atoms with van der Waals surface area (Å²) < 4.78 is 24.6. The van der Waals surface area contributed by atoms with Crippen LogP contribution in [0.1, 0.15) is 32.2 Å². The molecule has 2 amide bonds. The van der Waals surface area contributed by atoms with Crippen LogP contribution in [0, 0.1) is 0 Å². The maximum Gasteiger partial charge on any atom is 0.335 e. The van der Waals surface area contributed by atoms with E-state index in [4.69, 9.17) is 0 Å². The highest BCUT2D eigenvalue weighted by atomic mass is 32.2. The van der Waals surface area contributed by atoms with Gasteiger partial charge in [-0.15, -0.1) is 0 Å². The van der Waals surface area contributed by atoms with E-state index in [0.717, 1.165) is 16.8 Å². The van der Waals surface area contributed by atoms with Gasteiger partial charge in [-0.1, -0.05) is 19.9 Å². The largest absolute Gasteiger partial charge is 0.335 e. The third kappa shape index (κ3) is 4.96. The number of anilines is 1. The SMILES string of the molecule is CC=CS(=O)(=O)NC(=O)Nc1nc(CC)cc(CC)n1. The van der Waals surface area contributed by atoms with Crippen LogP contribution in [0.25, 0.3) is 0 Å². The van der Waals surface area contributed by atoms with E-state index in [-0.39, 0.29) is 5.95 Å². The molecule has 8 heteroatoms. The molecule has 0 saturated heterocycles. The molecule has 0 fully saturated rings. The number of aromatic nitrogens is 2. The predicted molar refractivity (Wildman–Crippen MR) is 76.7 cm³/mol. The molecule has 20 heavy (non-hydrogen) atoms. The first kappa shape index (κ1) is 16.1. The molecule has 0 atom stereocenters. The number of nitrogens with one attached hydrogen (secondary N) is 2. The summed E-state index contributed by atoms with van der Waals surface area (Å²) in [5.74, 6) is 0.0920. The van der Waals surface area contributed by atoms with Gasteiger partial charge in [0.05, 0.1) is 0 Å². The second-order valence-electron chi connectivity index (χ2n) is 3.95. The number of rotatable bonds is 5. The summed E-state index contributed by atoms with van der Waals surface area (Å²) in [6, 6.07) is 0.957. The fourth-order valence-electron chi connectivity index (χ4n) is 1.44. The van der Waals surface area contributed by atoms with Crippen LogP contribution in [0.3, 0.4) is 0 Å². The van der Waals surface area contributed by atoms with Crippen molar-refractivity contribution < 1.29 is 13.2 Å². The van der Waals surface area contributed by atoms with Crippen LogP contribution in [0.4, 0.5) is 10.7 Å². The molecule has 0 aromatic carbocycles. The van der Waals surface area contributed by atoms with Gasteiger partial charge in [0.15, 0.2) is 0 Å². The van der Waals surface area contributed by atoms with Gasteiger partial charge in [0.25, 0.3) is 10.0 Å².